The summed E-state index contributed by atoms with van der Waals surface area (Å²) in [7, 11) is 0. The van der Waals surface area contributed by atoms with Gasteiger partial charge in [-0.25, -0.2) is 5.43 Å². The Morgan fingerprint density at radius 2 is 1.64 bits per heavy atom. The Kier molecular flexibility index (Phi) is 6.75. The van der Waals surface area contributed by atoms with Crippen molar-refractivity contribution < 1.29 is 9.53 Å². The molecule has 2 aromatic rings. The molecule has 1 N–H and O–H groups in total. The Hall–Kier alpha value is -2.62. The molecule has 25 heavy (non-hydrogen) atoms. The standard InChI is InChI=1S/C21H26N2O2/c1-15(2)13-14-25-20-11-9-19(10-12-20)21(24)23-22-17(4)18-7-5-16(3)6-8-18/h5-12,15H,13-14H2,1-4H3,(H,23,24)/b22-17+. The molecule has 0 bridgehead atoms. The van der Waals surface area contributed by atoms with E-state index in [0.717, 1.165) is 23.4 Å². The van der Waals surface area contributed by atoms with Gasteiger partial charge in [0.1, 0.15) is 5.75 Å². The van der Waals surface area contributed by atoms with Crippen LogP contribution in [0, 0.1) is 12.8 Å². The Morgan fingerprint density at radius 3 is 2.24 bits per heavy atom. The summed E-state index contributed by atoms with van der Waals surface area (Å²) in [5, 5.41) is 4.18. The fourth-order valence-corrected chi connectivity index (χ4v) is 2.17. The third-order valence-corrected chi connectivity index (χ3v) is 3.87. The number of benzene rings is 2. The number of ether oxygens (including phenoxy) is 1. The smallest absolute Gasteiger partial charge is 0.271 e. The summed E-state index contributed by atoms with van der Waals surface area (Å²) in [5.41, 5.74) is 6.09. The summed E-state index contributed by atoms with van der Waals surface area (Å²) in [4.78, 5) is 12.2. The number of amides is 1. The molecule has 0 heterocycles. The van der Waals surface area contributed by atoms with Gasteiger partial charge in [-0.3, -0.25) is 4.79 Å². The predicted molar refractivity (Wildman–Crippen MR) is 102 cm³/mol. The molecule has 2 aromatic carbocycles. The van der Waals surface area contributed by atoms with Gasteiger partial charge in [0.05, 0.1) is 12.3 Å². The molecule has 0 radical (unpaired) electrons. The van der Waals surface area contributed by atoms with Crippen LogP contribution in [-0.4, -0.2) is 18.2 Å². The van der Waals surface area contributed by atoms with E-state index in [1.54, 1.807) is 12.1 Å². The maximum atomic E-state index is 12.2. The topological polar surface area (TPSA) is 50.7 Å². The van der Waals surface area contributed by atoms with E-state index in [0.29, 0.717) is 18.1 Å². The van der Waals surface area contributed by atoms with Gasteiger partial charge < -0.3 is 4.74 Å². The lowest BCUT2D eigenvalue weighted by Gasteiger charge is -2.08. The highest BCUT2D eigenvalue weighted by Crippen LogP contribution is 2.13. The number of nitrogens with one attached hydrogen (secondary N) is 1. The molecule has 132 valence electrons. The third-order valence-electron chi connectivity index (χ3n) is 3.87. The second-order valence-electron chi connectivity index (χ2n) is 6.56. The number of hydrazone groups is 1. The minimum atomic E-state index is -0.236. The Bertz CT molecular complexity index is 717. The van der Waals surface area contributed by atoms with E-state index >= 15 is 0 Å². The lowest BCUT2D eigenvalue weighted by molar-refractivity contribution is 0.0955. The minimum Gasteiger partial charge on any atom is -0.494 e. The van der Waals surface area contributed by atoms with Crippen LogP contribution in [0.15, 0.2) is 53.6 Å². The molecular weight excluding hydrogens is 312 g/mol. The van der Waals surface area contributed by atoms with Gasteiger partial charge >= 0.3 is 0 Å². The Morgan fingerprint density at radius 1 is 1.04 bits per heavy atom. The molecule has 0 saturated carbocycles. The van der Waals surface area contributed by atoms with Gasteiger partial charge in [0.15, 0.2) is 0 Å². The average molecular weight is 338 g/mol. The Balaban J connectivity index is 1.91. The van der Waals surface area contributed by atoms with E-state index in [1.165, 1.54) is 5.56 Å². The first-order valence-electron chi connectivity index (χ1n) is 8.60. The highest BCUT2D eigenvalue weighted by Gasteiger charge is 2.06. The van der Waals surface area contributed by atoms with Crippen LogP contribution in [0.4, 0.5) is 0 Å². The zero-order valence-electron chi connectivity index (χ0n) is 15.4. The zero-order valence-corrected chi connectivity index (χ0v) is 15.4. The van der Waals surface area contributed by atoms with Crippen molar-refractivity contribution in [2.75, 3.05) is 6.61 Å². The number of carbonyl (C=O) groups is 1. The van der Waals surface area contributed by atoms with Crippen molar-refractivity contribution in [1.29, 1.82) is 0 Å². The fourth-order valence-electron chi connectivity index (χ4n) is 2.17. The van der Waals surface area contributed by atoms with Crippen molar-refractivity contribution in [3.63, 3.8) is 0 Å². The molecule has 0 fully saturated rings. The van der Waals surface area contributed by atoms with Crippen molar-refractivity contribution in [2.24, 2.45) is 11.0 Å². The highest BCUT2D eigenvalue weighted by atomic mass is 16.5. The molecule has 0 aliphatic carbocycles. The lowest BCUT2D eigenvalue weighted by Crippen LogP contribution is -2.19. The van der Waals surface area contributed by atoms with Crippen LogP contribution in [0.3, 0.4) is 0 Å². The van der Waals surface area contributed by atoms with Crippen LogP contribution in [0.1, 0.15) is 48.7 Å². The summed E-state index contributed by atoms with van der Waals surface area (Å²) in [6.45, 7) is 8.92. The van der Waals surface area contributed by atoms with Gasteiger partial charge in [-0.1, -0.05) is 43.7 Å². The van der Waals surface area contributed by atoms with Gasteiger partial charge in [-0.2, -0.15) is 5.10 Å². The van der Waals surface area contributed by atoms with E-state index in [4.69, 9.17) is 4.74 Å². The SMILES string of the molecule is C/C(=N\NC(=O)c1ccc(OCCC(C)C)cc1)c1ccc(C)cc1. The molecule has 0 spiro atoms. The van der Waals surface area contributed by atoms with Crippen molar-refractivity contribution in [2.45, 2.75) is 34.1 Å². The molecule has 4 heteroatoms. The lowest BCUT2D eigenvalue weighted by atomic mass is 10.1. The molecule has 1 amide bonds. The third kappa shape index (κ3) is 6.07. The first-order chi connectivity index (χ1) is 12.0. The first-order valence-corrected chi connectivity index (χ1v) is 8.60. The van der Waals surface area contributed by atoms with Crippen LogP contribution >= 0.6 is 0 Å². The van der Waals surface area contributed by atoms with Gasteiger partial charge in [0.25, 0.3) is 5.91 Å². The monoisotopic (exact) mass is 338 g/mol. The molecule has 0 saturated heterocycles. The molecule has 0 atom stereocenters. The van der Waals surface area contributed by atoms with Gasteiger partial charge in [0.2, 0.25) is 0 Å². The van der Waals surface area contributed by atoms with Gasteiger partial charge in [-0.05, 0) is 56.0 Å². The summed E-state index contributed by atoms with van der Waals surface area (Å²) < 4.78 is 5.66. The van der Waals surface area contributed by atoms with Gasteiger partial charge in [-0.15, -0.1) is 0 Å². The van der Waals surface area contributed by atoms with Crippen LogP contribution in [0.2, 0.25) is 0 Å². The summed E-state index contributed by atoms with van der Waals surface area (Å²) in [5.74, 6) is 1.15. The summed E-state index contributed by atoms with van der Waals surface area (Å²) in [6, 6.07) is 15.1. The van der Waals surface area contributed by atoms with Crippen LogP contribution in [0.25, 0.3) is 0 Å². The highest BCUT2D eigenvalue weighted by molar-refractivity contribution is 6.00. The molecule has 0 aliphatic rings. The first kappa shape index (κ1) is 18.7. The molecule has 4 nitrogen and oxygen atoms in total. The molecular formula is C21H26N2O2. The average Bonchev–Trinajstić information content (AvgIpc) is 2.60. The van der Waals surface area contributed by atoms with Crippen molar-refractivity contribution in [1.82, 2.24) is 5.43 Å². The van der Waals surface area contributed by atoms with Crippen molar-refractivity contribution >= 4 is 11.6 Å². The Labute approximate surface area is 149 Å². The maximum Gasteiger partial charge on any atom is 0.271 e. The van der Waals surface area contributed by atoms with Crippen LogP contribution < -0.4 is 10.2 Å². The van der Waals surface area contributed by atoms with Crippen molar-refractivity contribution in [3.05, 3.63) is 65.2 Å². The molecule has 0 aromatic heterocycles. The largest absolute Gasteiger partial charge is 0.494 e. The second kappa shape index (κ2) is 9.02. The zero-order chi connectivity index (χ0) is 18.2. The number of rotatable bonds is 7. The van der Waals surface area contributed by atoms with Crippen LogP contribution in [0.5, 0.6) is 5.75 Å². The number of hydrogen-bond acceptors (Lipinski definition) is 3. The van der Waals surface area contributed by atoms with E-state index in [9.17, 15) is 4.79 Å². The predicted octanol–water partition coefficient (Wildman–Crippen LogP) is 4.57. The quantitative estimate of drug-likeness (QED) is 0.594. The second-order valence-corrected chi connectivity index (χ2v) is 6.56. The summed E-state index contributed by atoms with van der Waals surface area (Å²) >= 11 is 0. The van der Waals surface area contributed by atoms with E-state index in [2.05, 4.69) is 24.4 Å². The number of aryl methyl sites for hydroxylation is 1. The van der Waals surface area contributed by atoms with Crippen molar-refractivity contribution in [3.8, 4) is 5.75 Å². The minimum absolute atomic E-state index is 0.236. The number of hydrogen-bond donors (Lipinski definition) is 1. The summed E-state index contributed by atoms with van der Waals surface area (Å²) in [6.07, 6.45) is 1.01. The molecule has 0 unspecified atom stereocenters. The normalized spacial score (nSPS) is 11.5. The number of nitrogens with zero attached hydrogens (tertiary/aromatic N) is 1. The number of carbonyl (C=O) groups excluding carboxylic acids is 1. The maximum absolute atomic E-state index is 12.2. The molecule has 2 rings (SSSR count). The fraction of sp³-hybridized carbons (Fsp3) is 0.333. The molecule has 0 aliphatic heterocycles. The van der Waals surface area contributed by atoms with Crippen LogP contribution in [-0.2, 0) is 0 Å². The van der Waals surface area contributed by atoms with E-state index in [-0.39, 0.29) is 5.91 Å². The van der Waals surface area contributed by atoms with Gasteiger partial charge in [0, 0.05) is 5.56 Å². The van der Waals surface area contributed by atoms with E-state index < -0.39 is 0 Å². The van der Waals surface area contributed by atoms with E-state index in [1.807, 2.05) is 50.2 Å².